The van der Waals surface area contributed by atoms with Crippen molar-refractivity contribution in [3.63, 3.8) is 0 Å². The van der Waals surface area contributed by atoms with Crippen molar-refractivity contribution in [2.75, 3.05) is 13.6 Å². The first-order valence-electron chi connectivity index (χ1n) is 5.99. The molecule has 1 saturated heterocycles. The molecular formula is C13H16Cl2N2O. The second-order valence-corrected chi connectivity index (χ2v) is 5.49. The first-order chi connectivity index (χ1) is 8.56. The highest BCUT2D eigenvalue weighted by molar-refractivity contribution is 6.34. The second-order valence-electron chi connectivity index (χ2n) is 4.62. The summed E-state index contributed by atoms with van der Waals surface area (Å²) < 4.78 is 0. The lowest BCUT2D eigenvalue weighted by Crippen LogP contribution is -2.41. The van der Waals surface area contributed by atoms with Crippen LogP contribution >= 0.6 is 23.2 Å². The van der Waals surface area contributed by atoms with Crippen molar-refractivity contribution in [3.05, 3.63) is 33.8 Å². The van der Waals surface area contributed by atoms with Gasteiger partial charge >= 0.3 is 0 Å². The number of halogens is 2. The Bertz CT molecular complexity index is 424. The van der Waals surface area contributed by atoms with E-state index in [-0.39, 0.29) is 11.9 Å². The highest BCUT2D eigenvalue weighted by Gasteiger charge is 2.24. The average Bonchev–Trinajstić information content (AvgIpc) is 2.79. The van der Waals surface area contributed by atoms with Crippen molar-refractivity contribution in [1.29, 1.82) is 0 Å². The number of rotatable bonds is 3. The number of carbonyl (C=O) groups is 1. The standard InChI is InChI=1S/C13H16Cl2N2O/c1-17(13(18)12-3-2-4-16-12)8-9-5-10(14)7-11(15)6-9/h5-7,12,16H,2-4,8H2,1H3/t12-/m1/s1. The molecule has 1 heterocycles. The van der Waals surface area contributed by atoms with Gasteiger partial charge in [0.15, 0.2) is 0 Å². The predicted molar refractivity (Wildman–Crippen MR) is 74.0 cm³/mol. The predicted octanol–water partition coefficient (Wildman–Crippen LogP) is 2.70. The Kier molecular flexibility index (Phi) is 4.49. The molecule has 0 saturated carbocycles. The third kappa shape index (κ3) is 3.37. The van der Waals surface area contributed by atoms with Gasteiger partial charge in [-0.15, -0.1) is 0 Å². The van der Waals surface area contributed by atoms with Gasteiger partial charge in [0, 0.05) is 23.6 Å². The smallest absolute Gasteiger partial charge is 0.239 e. The molecule has 3 nitrogen and oxygen atoms in total. The van der Waals surface area contributed by atoms with Crippen LogP contribution in [0.5, 0.6) is 0 Å². The number of amides is 1. The fraction of sp³-hybridized carbons (Fsp3) is 0.462. The van der Waals surface area contributed by atoms with E-state index in [0.717, 1.165) is 24.9 Å². The van der Waals surface area contributed by atoms with Gasteiger partial charge in [-0.3, -0.25) is 4.79 Å². The maximum atomic E-state index is 12.1. The Morgan fingerprint density at radius 1 is 1.39 bits per heavy atom. The molecule has 1 aliphatic rings. The molecule has 0 spiro atoms. The summed E-state index contributed by atoms with van der Waals surface area (Å²) in [4.78, 5) is 13.8. The highest BCUT2D eigenvalue weighted by atomic mass is 35.5. The van der Waals surface area contributed by atoms with Crippen LogP contribution in [0.25, 0.3) is 0 Å². The molecule has 18 heavy (non-hydrogen) atoms. The SMILES string of the molecule is CN(Cc1cc(Cl)cc(Cl)c1)C(=O)[C@H]1CCCN1. The zero-order valence-electron chi connectivity index (χ0n) is 10.2. The van der Waals surface area contributed by atoms with E-state index >= 15 is 0 Å². The van der Waals surface area contributed by atoms with Crippen molar-refractivity contribution in [2.45, 2.75) is 25.4 Å². The summed E-state index contributed by atoms with van der Waals surface area (Å²) >= 11 is 11.9. The number of nitrogens with zero attached hydrogens (tertiary/aromatic N) is 1. The molecule has 1 aliphatic heterocycles. The Morgan fingerprint density at radius 3 is 2.61 bits per heavy atom. The first kappa shape index (κ1) is 13.7. The molecule has 0 bridgehead atoms. The van der Waals surface area contributed by atoms with Gasteiger partial charge in [0.1, 0.15) is 0 Å². The highest BCUT2D eigenvalue weighted by Crippen LogP contribution is 2.20. The van der Waals surface area contributed by atoms with Crippen LogP contribution in [-0.4, -0.2) is 30.4 Å². The van der Waals surface area contributed by atoms with E-state index < -0.39 is 0 Å². The summed E-state index contributed by atoms with van der Waals surface area (Å²) in [6.45, 7) is 1.45. The van der Waals surface area contributed by atoms with Crippen molar-refractivity contribution >= 4 is 29.1 Å². The minimum absolute atomic E-state index is 0.0374. The van der Waals surface area contributed by atoms with E-state index in [0.29, 0.717) is 16.6 Å². The van der Waals surface area contributed by atoms with Gasteiger partial charge in [0.05, 0.1) is 6.04 Å². The van der Waals surface area contributed by atoms with Crippen molar-refractivity contribution < 1.29 is 4.79 Å². The zero-order chi connectivity index (χ0) is 13.1. The van der Waals surface area contributed by atoms with Crippen molar-refractivity contribution in [1.82, 2.24) is 10.2 Å². The Labute approximate surface area is 117 Å². The zero-order valence-corrected chi connectivity index (χ0v) is 11.8. The summed E-state index contributed by atoms with van der Waals surface area (Å²) in [5, 5.41) is 4.39. The Hall–Kier alpha value is -0.770. The lowest BCUT2D eigenvalue weighted by atomic mass is 10.1. The maximum absolute atomic E-state index is 12.1. The van der Waals surface area contributed by atoms with E-state index in [1.54, 1.807) is 18.0 Å². The van der Waals surface area contributed by atoms with E-state index in [9.17, 15) is 4.79 Å². The minimum atomic E-state index is -0.0374. The first-order valence-corrected chi connectivity index (χ1v) is 6.75. The van der Waals surface area contributed by atoms with E-state index in [1.807, 2.05) is 12.1 Å². The Morgan fingerprint density at radius 2 is 2.06 bits per heavy atom. The summed E-state index contributed by atoms with van der Waals surface area (Å²) in [6, 6.07) is 5.32. The summed E-state index contributed by atoms with van der Waals surface area (Å²) in [5.74, 6) is 0.128. The summed E-state index contributed by atoms with van der Waals surface area (Å²) in [7, 11) is 1.80. The van der Waals surface area contributed by atoms with Gasteiger partial charge in [0.2, 0.25) is 5.91 Å². The minimum Gasteiger partial charge on any atom is -0.340 e. The van der Waals surface area contributed by atoms with Crippen LogP contribution in [-0.2, 0) is 11.3 Å². The van der Waals surface area contributed by atoms with Crippen LogP contribution in [0.2, 0.25) is 10.0 Å². The van der Waals surface area contributed by atoms with Gasteiger partial charge in [-0.05, 0) is 43.1 Å². The normalized spacial score (nSPS) is 18.9. The molecule has 1 fully saturated rings. The maximum Gasteiger partial charge on any atom is 0.239 e. The lowest BCUT2D eigenvalue weighted by Gasteiger charge is -2.21. The molecule has 0 aromatic heterocycles. The van der Waals surface area contributed by atoms with Crippen LogP contribution in [0.4, 0.5) is 0 Å². The fourth-order valence-electron chi connectivity index (χ4n) is 2.22. The monoisotopic (exact) mass is 286 g/mol. The van der Waals surface area contributed by atoms with E-state index in [1.165, 1.54) is 0 Å². The number of likely N-dealkylation sites (N-methyl/N-ethyl adjacent to an activating group) is 1. The Balaban J connectivity index is 2.01. The lowest BCUT2D eigenvalue weighted by molar-refractivity contribution is -0.132. The molecule has 2 rings (SSSR count). The molecule has 1 atom stereocenters. The number of carbonyl (C=O) groups excluding carboxylic acids is 1. The van der Waals surface area contributed by atoms with E-state index in [2.05, 4.69) is 5.32 Å². The van der Waals surface area contributed by atoms with Crippen LogP contribution in [0.15, 0.2) is 18.2 Å². The fourth-order valence-corrected chi connectivity index (χ4v) is 2.79. The number of benzene rings is 1. The van der Waals surface area contributed by atoms with Gasteiger partial charge < -0.3 is 10.2 Å². The average molecular weight is 287 g/mol. The topological polar surface area (TPSA) is 32.3 Å². The molecule has 1 aromatic carbocycles. The molecule has 1 N–H and O–H groups in total. The molecule has 98 valence electrons. The molecule has 1 aromatic rings. The number of hydrogen-bond donors (Lipinski definition) is 1. The molecule has 0 radical (unpaired) electrons. The third-order valence-electron chi connectivity index (χ3n) is 3.08. The summed E-state index contributed by atoms with van der Waals surface area (Å²) in [6.07, 6.45) is 1.98. The molecular weight excluding hydrogens is 271 g/mol. The molecule has 1 amide bonds. The van der Waals surface area contributed by atoms with Gasteiger partial charge in [-0.25, -0.2) is 0 Å². The second kappa shape index (κ2) is 5.91. The molecule has 0 aliphatic carbocycles. The van der Waals surface area contributed by atoms with Crippen molar-refractivity contribution in [2.24, 2.45) is 0 Å². The number of nitrogens with one attached hydrogen (secondary N) is 1. The molecule has 0 unspecified atom stereocenters. The van der Waals surface area contributed by atoms with Crippen LogP contribution in [0.1, 0.15) is 18.4 Å². The van der Waals surface area contributed by atoms with Crippen LogP contribution in [0, 0.1) is 0 Å². The summed E-state index contributed by atoms with van der Waals surface area (Å²) in [5.41, 5.74) is 0.946. The molecule has 5 heteroatoms. The van der Waals surface area contributed by atoms with E-state index in [4.69, 9.17) is 23.2 Å². The van der Waals surface area contributed by atoms with Gasteiger partial charge in [-0.1, -0.05) is 23.2 Å². The van der Waals surface area contributed by atoms with Crippen LogP contribution in [0.3, 0.4) is 0 Å². The quantitative estimate of drug-likeness (QED) is 0.927. The third-order valence-corrected chi connectivity index (χ3v) is 3.51. The van der Waals surface area contributed by atoms with Gasteiger partial charge in [0.25, 0.3) is 0 Å². The largest absolute Gasteiger partial charge is 0.340 e. The van der Waals surface area contributed by atoms with Gasteiger partial charge in [-0.2, -0.15) is 0 Å². The van der Waals surface area contributed by atoms with Crippen molar-refractivity contribution in [3.8, 4) is 0 Å². The van der Waals surface area contributed by atoms with Crippen LogP contribution < -0.4 is 5.32 Å². The number of hydrogen-bond acceptors (Lipinski definition) is 2.